The van der Waals surface area contributed by atoms with Crippen LogP contribution in [0.4, 0.5) is 5.69 Å². The first kappa shape index (κ1) is 10.9. The lowest BCUT2D eigenvalue weighted by molar-refractivity contribution is 0.342. The van der Waals surface area contributed by atoms with Gasteiger partial charge in [-0.25, -0.2) is 5.06 Å². The normalized spacial score (nSPS) is 14.8. The molecule has 88 valence electrons. The molecular weight excluding hydrogens is 225 g/mol. The van der Waals surface area contributed by atoms with Gasteiger partial charge in [0.25, 0.3) is 0 Å². The summed E-state index contributed by atoms with van der Waals surface area (Å²) in [4.78, 5) is 0. The fraction of sp³-hybridized carbons (Fsp3) is 0. The zero-order valence-corrected chi connectivity index (χ0v) is 9.73. The molecule has 1 N–H and O–H groups in total. The predicted molar refractivity (Wildman–Crippen MR) is 72.5 cm³/mol. The molecule has 0 aromatic heterocycles. The number of para-hydroxylation sites is 1. The SMILES string of the molecule is OC1=CN(c2ccccc2)OB1c1ccccc1. The van der Waals surface area contributed by atoms with Gasteiger partial charge >= 0.3 is 6.92 Å². The third-order valence-electron chi connectivity index (χ3n) is 2.85. The van der Waals surface area contributed by atoms with E-state index in [9.17, 15) is 5.11 Å². The monoisotopic (exact) mass is 237 g/mol. The maximum absolute atomic E-state index is 9.97. The number of anilines is 1. The van der Waals surface area contributed by atoms with E-state index in [0.717, 1.165) is 11.2 Å². The van der Waals surface area contributed by atoms with Crippen LogP contribution in [-0.2, 0) is 4.76 Å². The van der Waals surface area contributed by atoms with Crippen molar-refractivity contribution >= 4 is 18.1 Å². The highest BCUT2D eigenvalue weighted by molar-refractivity contribution is 6.74. The topological polar surface area (TPSA) is 32.7 Å². The van der Waals surface area contributed by atoms with Crippen molar-refractivity contribution in [2.75, 3.05) is 5.06 Å². The first-order valence-electron chi connectivity index (χ1n) is 5.81. The number of benzene rings is 2. The van der Waals surface area contributed by atoms with E-state index in [1.165, 1.54) is 0 Å². The van der Waals surface area contributed by atoms with Crippen LogP contribution in [0.5, 0.6) is 0 Å². The summed E-state index contributed by atoms with van der Waals surface area (Å²) in [7, 11) is 0. The first-order chi connectivity index (χ1) is 8.84. The molecule has 0 unspecified atom stereocenters. The molecule has 0 amide bonds. The number of aliphatic hydroxyl groups is 1. The van der Waals surface area contributed by atoms with Crippen LogP contribution in [0.1, 0.15) is 0 Å². The summed E-state index contributed by atoms with van der Waals surface area (Å²) in [6, 6.07) is 19.3. The standard InChI is InChI=1S/C14H12BNO2/c17-14-11-16(13-9-5-2-6-10-13)18-15(14)12-7-3-1-4-8-12/h1-11,17H. The summed E-state index contributed by atoms with van der Waals surface area (Å²) in [5.41, 5.74) is 2.04. The second-order valence-corrected chi connectivity index (χ2v) is 4.11. The highest BCUT2D eigenvalue weighted by Gasteiger charge is 2.33. The van der Waals surface area contributed by atoms with Crippen molar-refractivity contribution in [1.82, 2.24) is 0 Å². The largest absolute Gasteiger partial charge is 0.517 e. The molecule has 3 nitrogen and oxygen atoms in total. The number of aliphatic hydroxyl groups excluding tert-OH is 1. The van der Waals surface area contributed by atoms with Crippen LogP contribution >= 0.6 is 0 Å². The predicted octanol–water partition coefficient (Wildman–Crippen LogP) is 2.28. The molecule has 0 fully saturated rings. The summed E-state index contributed by atoms with van der Waals surface area (Å²) in [5, 5.41) is 11.6. The molecule has 3 rings (SSSR count). The first-order valence-corrected chi connectivity index (χ1v) is 5.81. The summed E-state index contributed by atoms with van der Waals surface area (Å²) in [6.45, 7) is -0.425. The van der Waals surface area contributed by atoms with Gasteiger partial charge in [-0.2, -0.15) is 0 Å². The molecule has 18 heavy (non-hydrogen) atoms. The Morgan fingerprint density at radius 3 is 2.17 bits per heavy atom. The van der Waals surface area contributed by atoms with E-state index >= 15 is 0 Å². The molecule has 0 spiro atoms. The van der Waals surface area contributed by atoms with Crippen molar-refractivity contribution in [3.05, 3.63) is 72.5 Å². The minimum atomic E-state index is -0.425. The van der Waals surface area contributed by atoms with Gasteiger partial charge in [-0.1, -0.05) is 48.5 Å². The molecular formula is C14H12BNO2. The third-order valence-corrected chi connectivity index (χ3v) is 2.85. The molecule has 4 heteroatoms. The van der Waals surface area contributed by atoms with E-state index in [0.29, 0.717) is 0 Å². The zero-order valence-electron chi connectivity index (χ0n) is 9.73. The molecule has 1 heterocycles. The van der Waals surface area contributed by atoms with Crippen LogP contribution in [0.15, 0.2) is 72.5 Å². The van der Waals surface area contributed by atoms with E-state index in [1.54, 1.807) is 11.3 Å². The van der Waals surface area contributed by atoms with E-state index < -0.39 is 6.92 Å². The van der Waals surface area contributed by atoms with Gasteiger partial charge in [-0.3, -0.25) is 0 Å². The van der Waals surface area contributed by atoms with Gasteiger partial charge in [-0.15, -0.1) is 0 Å². The lowest BCUT2D eigenvalue weighted by Crippen LogP contribution is -2.35. The molecule has 0 saturated carbocycles. The Bertz CT molecular complexity index is 557. The third kappa shape index (κ3) is 1.98. The molecule has 2 aromatic carbocycles. The van der Waals surface area contributed by atoms with Crippen LogP contribution in [0.3, 0.4) is 0 Å². The summed E-state index contributed by atoms with van der Waals surface area (Å²) < 4.78 is 5.74. The van der Waals surface area contributed by atoms with Crippen LogP contribution in [0.25, 0.3) is 0 Å². The van der Waals surface area contributed by atoms with Crippen molar-refractivity contribution in [2.45, 2.75) is 0 Å². The van der Waals surface area contributed by atoms with Crippen LogP contribution in [0.2, 0.25) is 0 Å². The van der Waals surface area contributed by atoms with Gasteiger partial charge in [0.05, 0.1) is 11.9 Å². The van der Waals surface area contributed by atoms with E-state index in [2.05, 4.69) is 0 Å². The molecule has 0 radical (unpaired) electrons. The van der Waals surface area contributed by atoms with E-state index in [4.69, 9.17) is 4.76 Å². The van der Waals surface area contributed by atoms with Crippen molar-refractivity contribution in [3.63, 3.8) is 0 Å². The zero-order chi connectivity index (χ0) is 12.4. The lowest BCUT2D eigenvalue weighted by atomic mass is 9.60. The summed E-state index contributed by atoms with van der Waals surface area (Å²) >= 11 is 0. The van der Waals surface area contributed by atoms with Gasteiger partial charge in [-0.05, 0) is 17.6 Å². The Labute approximate surface area is 106 Å². The molecule has 0 aliphatic carbocycles. The summed E-state index contributed by atoms with van der Waals surface area (Å²) in [6.07, 6.45) is 1.60. The number of hydroxylamine groups is 1. The van der Waals surface area contributed by atoms with Gasteiger partial charge in [0.15, 0.2) is 0 Å². The quantitative estimate of drug-likeness (QED) is 0.813. The lowest BCUT2D eigenvalue weighted by Gasteiger charge is -2.16. The Kier molecular flexibility index (Phi) is 2.78. The number of rotatable bonds is 2. The van der Waals surface area contributed by atoms with Gasteiger partial charge in [0.2, 0.25) is 0 Å². The Morgan fingerprint density at radius 2 is 1.50 bits per heavy atom. The van der Waals surface area contributed by atoms with Gasteiger partial charge in [0, 0.05) is 0 Å². The molecule has 0 saturated heterocycles. The highest BCUT2D eigenvalue weighted by atomic mass is 16.7. The minimum Gasteiger partial charge on any atom is -0.517 e. The molecule has 1 aliphatic rings. The average molecular weight is 237 g/mol. The molecule has 0 atom stereocenters. The summed E-state index contributed by atoms with van der Waals surface area (Å²) in [5.74, 6) is 0. The second kappa shape index (κ2) is 4.59. The average Bonchev–Trinajstić information content (AvgIpc) is 2.83. The number of nitrogens with zero attached hydrogens (tertiary/aromatic N) is 1. The van der Waals surface area contributed by atoms with Crippen molar-refractivity contribution in [3.8, 4) is 0 Å². The Morgan fingerprint density at radius 1 is 0.889 bits per heavy atom. The molecule has 0 bridgehead atoms. The smallest absolute Gasteiger partial charge is 0.435 e. The number of hydrogen-bond donors (Lipinski definition) is 1. The van der Waals surface area contributed by atoms with Crippen LogP contribution in [0, 0.1) is 0 Å². The van der Waals surface area contributed by atoms with Crippen molar-refractivity contribution in [2.24, 2.45) is 0 Å². The highest BCUT2D eigenvalue weighted by Crippen LogP contribution is 2.21. The Hall–Kier alpha value is -2.20. The minimum absolute atomic E-state index is 0.213. The van der Waals surface area contributed by atoms with Crippen molar-refractivity contribution in [1.29, 1.82) is 0 Å². The molecule has 2 aromatic rings. The van der Waals surface area contributed by atoms with E-state index in [-0.39, 0.29) is 5.66 Å². The van der Waals surface area contributed by atoms with Gasteiger partial charge in [0.1, 0.15) is 5.66 Å². The fourth-order valence-electron chi connectivity index (χ4n) is 1.96. The number of hydrogen-bond acceptors (Lipinski definition) is 3. The van der Waals surface area contributed by atoms with Crippen LogP contribution in [-0.4, -0.2) is 12.0 Å². The van der Waals surface area contributed by atoms with Crippen LogP contribution < -0.4 is 10.5 Å². The maximum atomic E-state index is 9.97. The Balaban J connectivity index is 1.86. The second-order valence-electron chi connectivity index (χ2n) is 4.11. The fourth-order valence-corrected chi connectivity index (χ4v) is 1.96. The van der Waals surface area contributed by atoms with Crippen molar-refractivity contribution < 1.29 is 9.86 Å². The van der Waals surface area contributed by atoms with Gasteiger partial charge < -0.3 is 9.86 Å². The van der Waals surface area contributed by atoms with E-state index in [1.807, 2.05) is 60.7 Å². The maximum Gasteiger partial charge on any atom is 0.435 e. The molecule has 1 aliphatic heterocycles.